The summed E-state index contributed by atoms with van der Waals surface area (Å²) in [6.07, 6.45) is -1.81. The molecule has 2 heterocycles. The molecule has 31 heavy (non-hydrogen) atoms. The van der Waals surface area contributed by atoms with Crippen LogP contribution in [0.25, 0.3) is 16.9 Å². The number of aromatic amines is 1. The van der Waals surface area contributed by atoms with Gasteiger partial charge >= 0.3 is 6.18 Å². The van der Waals surface area contributed by atoms with Crippen LogP contribution >= 0.6 is 0 Å². The highest BCUT2D eigenvalue weighted by molar-refractivity contribution is 5.95. The summed E-state index contributed by atoms with van der Waals surface area (Å²) in [7, 11) is 0. The predicted molar refractivity (Wildman–Crippen MR) is 106 cm³/mol. The molecule has 3 N–H and O–H groups in total. The Morgan fingerprint density at radius 2 is 1.87 bits per heavy atom. The van der Waals surface area contributed by atoms with Crippen LogP contribution in [0.2, 0.25) is 0 Å². The molecular formula is C20H20F3N5O3. The molecule has 0 fully saturated rings. The Labute approximate surface area is 174 Å². The highest BCUT2D eigenvalue weighted by atomic mass is 19.4. The van der Waals surface area contributed by atoms with Crippen LogP contribution in [-0.4, -0.2) is 42.6 Å². The van der Waals surface area contributed by atoms with Gasteiger partial charge in [0.15, 0.2) is 0 Å². The van der Waals surface area contributed by atoms with E-state index in [1.54, 1.807) is 6.92 Å². The Bertz CT molecular complexity index is 1130. The van der Waals surface area contributed by atoms with Crippen LogP contribution in [0, 0.1) is 0 Å². The lowest BCUT2D eigenvalue weighted by Gasteiger charge is -2.26. The first-order chi connectivity index (χ1) is 14.4. The van der Waals surface area contributed by atoms with E-state index in [0.717, 1.165) is 16.8 Å². The number of hydrogen-bond donors (Lipinski definition) is 3. The monoisotopic (exact) mass is 435 g/mol. The smallest absolute Gasteiger partial charge is 0.388 e. The van der Waals surface area contributed by atoms with Gasteiger partial charge in [0.05, 0.1) is 29.1 Å². The third-order valence-electron chi connectivity index (χ3n) is 4.80. The van der Waals surface area contributed by atoms with Gasteiger partial charge in [-0.1, -0.05) is 12.1 Å². The highest BCUT2D eigenvalue weighted by Gasteiger charge is 2.30. The molecule has 1 aromatic carbocycles. The fourth-order valence-electron chi connectivity index (χ4n) is 2.61. The summed E-state index contributed by atoms with van der Waals surface area (Å²) in [5.74, 6) is -0.757. The molecule has 0 saturated heterocycles. The van der Waals surface area contributed by atoms with Crippen LogP contribution in [0.4, 0.5) is 13.2 Å². The zero-order valence-corrected chi connectivity index (χ0v) is 16.9. The van der Waals surface area contributed by atoms with Crippen LogP contribution < -0.4 is 10.9 Å². The second-order valence-electron chi connectivity index (χ2n) is 7.54. The Kier molecular flexibility index (Phi) is 5.72. The van der Waals surface area contributed by atoms with Gasteiger partial charge < -0.3 is 10.4 Å². The van der Waals surface area contributed by atoms with Crippen molar-refractivity contribution >= 4 is 5.91 Å². The van der Waals surface area contributed by atoms with Crippen LogP contribution in [0.1, 0.15) is 36.7 Å². The third-order valence-corrected chi connectivity index (χ3v) is 4.80. The molecule has 0 saturated carbocycles. The molecule has 0 spiro atoms. The largest absolute Gasteiger partial charge is 0.416 e. The molecule has 1 amide bonds. The highest BCUT2D eigenvalue weighted by Crippen LogP contribution is 2.30. The average Bonchev–Trinajstić information content (AvgIpc) is 3.21. The molecular weight excluding hydrogens is 415 g/mol. The molecule has 2 aromatic heterocycles. The van der Waals surface area contributed by atoms with Gasteiger partial charge in [-0.2, -0.15) is 28.1 Å². The number of aromatic nitrogens is 4. The number of nitrogens with one attached hydrogen (secondary N) is 2. The molecule has 1 atom stereocenters. The van der Waals surface area contributed by atoms with E-state index in [0.29, 0.717) is 0 Å². The van der Waals surface area contributed by atoms with E-state index in [1.165, 1.54) is 44.4 Å². The van der Waals surface area contributed by atoms with E-state index in [4.69, 9.17) is 0 Å². The number of carbonyl (C=O) groups excluding carboxylic acids is 1. The lowest BCUT2D eigenvalue weighted by molar-refractivity contribution is -0.137. The molecule has 0 aliphatic carbocycles. The number of benzene rings is 1. The van der Waals surface area contributed by atoms with Gasteiger partial charge in [-0.05, 0) is 39.0 Å². The van der Waals surface area contributed by atoms with Crippen molar-refractivity contribution < 1.29 is 23.1 Å². The molecule has 0 aliphatic heterocycles. The predicted octanol–water partition coefficient (Wildman–Crippen LogP) is 2.53. The fourth-order valence-corrected chi connectivity index (χ4v) is 2.61. The summed E-state index contributed by atoms with van der Waals surface area (Å²) in [6, 6.07) is 4.70. The number of hydrogen-bond acceptors (Lipinski definition) is 5. The van der Waals surface area contributed by atoms with Crippen LogP contribution in [0.3, 0.4) is 0 Å². The van der Waals surface area contributed by atoms with Crippen molar-refractivity contribution in [3.05, 3.63) is 64.2 Å². The lowest BCUT2D eigenvalue weighted by atomic mass is 10.0. The van der Waals surface area contributed by atoms with Gasteiger partial charge in [-0.3, -0.25) is 14.7 Å². The van der Waals surface area contributed by atoms with Crippen molar-refractivity contribution in [3.63, 3.8) is 0 Å². The van der Waals surface area contributed by atoms with Gasteiger partial charge in [0.25, 0.3) is 11.5 Å². The maximum Gasteiger partial charge on any atom is 0.416 e. The molecule has 0 aliphatic rings. The van der Waals surface area contributed by atoms with E-state index in [9.17, 15) is 27.9 Å². The van der Waals surface area contributed by atoms with Gasteiger partial charge in [0.2, 0.25) is 0 Å². The van der Waals surface area contributed by atoms with Crippen molar-refractivity contribution in [1.29, 1.82) is 0 Å². The third kappa shape index (κ3) is 4.82. The first kappa shape index (κ1) is 22.2. The van der Waals surface area contributed by atoms with E-state index in [1.807, 2.05) is 0 Å². The quantitative estimate of drug-likeness (QED) is 0.570. The number of carbonyl (C=O) groups is 1. The van der Waals surface area contributed by atoms with Crippen LogP contribution in [0.15, 0.2) is 47.5 Å². The summed E-state index contributed by atoms with van der Waals surface area (Å²) in [6.45, 7) is 4.58. The summed E-state index contributed by atoms with van der Waals surface area (Å²) >= 11 is 0. The van der Waals surface area contributed by atoms with Gasteiger partial charge in [-0.25, -0.2) is 0 Å². The minimum Gasteiger partial charge on any atom is -0.388 e. The molecule has 3 rings (SSSR count). The van der Waals surface area contributed by atoms with E-state index >= 15 is 0 Å². The molecule has 3 aromatic rings. The van der Waals surface area contributed by atoms with Crippen LogP contribution in [0.5, 0.6) is 0 Å². The van der Waals surface area contributed by atoms with Gasteiger partial charge in [-0.15, -0.1) is 0 Å². The molecule has 8 nitrogen and oxygen atoms in total. The first-order valence-corrected chi connectivity index (χ1v) is 9.22. The van der Waals surface area contributed by atoms with E-state index < -0.39 is 34.8 Å². The first-order valence-electron chi connectivity index (χ1n) is 9.22. The Hall–Kier alpha value is -3.47. The number of amides is 1. The summed E-state index contributed by atoms with van der Waals surface area (Å²) < 4.78 is 39.5. The Morgan fingerprint density at radius 3 is 2.39 bits per heavy atom. The standard InChI is InChI=1S/C20H20F3N5O3/c1-11(19(2,3)31)26-17(29)15-8-16(12-4-6-13(7-5-12)20(21,22)23)27-28(18(15)30)14-9-24-25-10-14/h4-11,31H,1-3H3,(H,24,25)(H,26,29). The molecule has 11 heteroatoms. The van der Waals surface area contributed by atoms with Gasteiger partial charge in [0, 0.05) is 11.8 Å². The lowest BCUT2D eigenvalue weighted by Crippen LogP contribution is -2.48. The number of halogens is 3. The molecule has 1 unspecified atom stereocenters. The number of H-pyrrole nitrogens is 1. The minimum absolute atomic E-state index is 0.107. The van der Waals surface area contributed by atoms with Crippen molar-refractivity contribution in [3.8, 4) is 16.9 Å². The molecule has 0 radical (unpaired) electrons. The van der Waals surface area contributed by atoms with Crippen molar-refractivity contribution in [2.75, 3.05) is 0 Å². The Morgan fingerprint density at radius 1 is 1.23 bits per heavy atom. The fraction of sp³-hybridized carbons (Fsp3) is 0.300. The maximum absolute atomic E-state index is 12.9. The van der Waals surface area contributed by atoms with Gasteiger partial charge in [0.1, 0.15) is 11.3 Å². The van der Waals surface area contributed by atoms with E-state index in [2.05, 4.69) is 20.6 Å². The SMILES string of the molecule is CC(NC(=O)c1cc(-c2ccc(C(F)(F)F)cc2)nn(-c2cn[nH]c2)c1=O)C(C)(C)O. The summed E-state index contributed by atoms with van der Waals surface area (Å²) in [5.41, 5.74) is -2.51. The van der Waals surface area contributed by atoms with E-state index in [-0.39, 0.29) is 22.5 Å². The molecule has 164 valence electrons. The molecule has 0 bridgehead atoms. The Balaban J connectivity index is 2.10. The summed E-state index contributed by atoms with van der Waals surface area (Å²) in [4.78, 5) is 25.7. The maximum atomic E-state index is 12.9. The number of aliphatic hydroxyl groups is 1. The topological polar surface area (TPSA) is 113 Å². The number of rotatable bonds is 5. The second kappa shape index (κ2) is 7.99. The van der Waals surface area contributed by atoms with Crippen LogP contribution in [-0.2, 0) is 6.18 Å². The zero-order chi connectivity index (χ0) is 23.0. The normalized spacial score (nSPS) is 13.1. The van der Waals surface area contributed by atoms with Crippen molar-refractivity contribution in [2.45, 2.75) is 38.6 Å². The van der Waals surface area contributed by atoms with Crippen molar-refractivity contribution in [1.82, 2.24) is 25.3 Å². The van der Waals surface area contributed by atoms with Crippen molar-refractivity contribution in [2.24, 2.45) is 0 Å². The number of nitrogens with zero attached hydrogens (tertiary/aromatic N) is 3. The average molecular weight is 435 g/mol. The second-order valence-corrected chi connectivity index (χ2v) is 7.54. The zero-order valence-electron chi connectivity index (χ0n) is 16.9. The minimum atomic E-state index is -4.50. The number of alkyl halides is 3. The summed E-state index contributed by atoms with van der Waals surface area (Å²) in [5, 5.41) is 23.1.